The number of aliphatic hydroxyl groups is 1. The molecule has 3 nitrogen and oxygen atoms in total. The van der Waals surface area contributed by atoms with Crippen LogP contribution in [0, 0.1) is 5.92 Å². The quantitative estimate of drug-likeness (QED) is 0.683. The van der Waals surface area contributed by atoms with Crippen LogP contribution in [0.15, 0.2) is 0 Å². The maximum atomic E-state index is 11.5. The Balaban J connectivity index is 2.10. The fraction of sp³-hybridized carbons (Fsp3) is 1.00. The number of unbranched alkanes of at least 4 members (excludes halogenated alkanes) is 1. The molecule has 1 unspecified atom stereocenters. The van der Waals surface area contributed by atoms with Crippen LogP contribution in [0.4, 0.5) is 0 Å². The van der Waals surface area contributed by atoms with Crippen molar-refractivity contribution in [1.82, 2.24) is 0 Å². The monoisotopic (exact) mass is 234 g/mol. The first-order valence-corrected chi connectivity index (χ1v) is 7.54. The summed E-state index contributed by atoms with van der Waals surface area (Å²) in [6, 6.07) is 0. The van der Waals surface area contributed by atoms with E-state index >= 15 is 0 Å². The van der Waals surface area contributed by atoms with Gasteiger partial charge in [-0.25, -0.2) is 8.42 Å². The lowest BCUT2D eigenvalue weighted by molar-refractivity contribution is 0.139. The average molecular weight is 234 g/mol. The standard InChI is InChI=1S/C11H22O3S/c1-9(2)15(13,14)8-4-3-5-11(12)10-6-7-10/h9-12H,3-8H2,1-2H3. The van der Waals surface area contributed by atoms with Crippen molar-refractivity contribution < 1.29 is 13.5 Å². The van der Waals surface area contributed by atoms with Crippen molar-refractivity contribution >= 4 is 9.84 Å². The molecule has 0 saturated heterocycles. The Labute approximate surface area is 92.8 Å². The minimum absolute atomic E-state index is 0.188. The molecule has 0 radical (unpaired) electrons. The van der Waals surface area contributed by atoms with Gasteiger partial charge in [-0.1, -0.05) is 0 Å². The van der Waals surface area contributed by atoms with E-state index in [9.17, 15) is 13.5 Å². The number of aliphatic hydroxyl groups excluding tert-OH is 1. The summed E-state index contributed by atoms with van der Waals surface area (Å²) in [6.07, 6.45) is 4.37. The first-order chi connectivity index (χ1) is 6.93. The largest absolute Gasteiger partial charge is 0.393 e. The third-order valence-corrected chi connectivity index (χ3v) is 5.36. The molecule has 0 aromatic heterocycles. The van der Waals surface area contributed by atoms with E-state index in [2.05, 4.69) is 0 Å². The van der Waals surface area contributed by atoms with Gasteiger partial charge in [0.1, 0.15) is 0 Å². The number of sulfone groups is 1. The van der Waals surface area contributed by atoms with Crippen molar-refractivity contribution in [2.24, 2.45) is 5.92 Å². The molecule has 90 valence electrons. The van der Waals surface area contributed by atoms with Crippen molar-refractivity contribution in [3.63, 3.8) is 0 Å². The van der Waals surface area contributed by atoms with Gasteiger partial charge in [-0.05, 0) is 51.9 Å². The Bertz CT molecular complexity index is 278. The Morgan fingerprint density at radius 1 is 1.27 bits per heavy atom. The second-order valence-electron chi connectivity index (χ2n) is 4.82. The van der Waals surface area contributed by atoms with E-state index in [-0.39, 0.29) is 17.1 Å². The predicted octanol–water partition coefficient (Wildman–Crippen LogP) is 1.75. The first-order valence-electron chi connectivity index (χ1n) is 5.83. The van der Waals surface area contributed by atoms with Crippen LogP contribution in [-0.4, -0.2) is 30.6 Å². The molecule has 0 spiro atoms. The van der Waals surface area contributed by atoms with Gasteiger partial charge < -0.3 is 5.11 Å². The molecule has 4 heteroatoms. The van der Waals surface area contributed by atoms with Crippen LogP contribution in [0.5, 0.6) is 0 Å². The van der Waals surface area contributed by atoms with Gasteiger partial charge in [0.15, 0.2) is 9.84 Å². The van der Waals surface area contributed by atoms with Crippen LogP contribution < -0.4 is 0 Å². The second kappa shape index (κ2) is 5.30. The summed E-state index contributed by atoms with van der Waals surface area (Å²) in [5, 5.41) is 9.31. The van der Waals surface area contributed by atoms with Crippen LogP contribution in [0.25, 0.3) is 0 Å². The molecule has 1 aliphatic rings. The minimum Gasteiger partial charge on any atom is -0.393 e. The highest BCUT2D eigenvalue weighted by molar-refractivity contribution is 7.91. The molecule has 0 aromatic rings. The summed E-state index contributed by atoms with van der Waals surface area (Å²) in [6.45, 7) is 3.43. The normalized spacial score (nSPS) is 19.5. The third-order valence-electron chi connectivity index (χ3n) is 3.06. The SMILES string of the molecule is CC(C)S(=O)(=O)CCCCC(O)C1CC1. The Kier molecular flexibility index (Phi) is 4.59. The van der Waals surface area contributed by atoms with Crippen LogP contribution in [0.1, 0.15) is 46.0 Å². The van der Waals surface area contributed by atoms with Crippen molar-refractivity contribution in [1.29, 1.82) is 0 Å². The smallest absolute Gasteiger partial charge is 0.152 e. The lowest BCUT2D eigenvalue weighted by atomic mass is 10.1. The summed E-state index contributed by atoms with van der Waals surface area (Å²) < 4.78 is 22.9. The summed E-state index contributed by atoms with van der Waals surface area (Å²) in [5.74, 6) is 0.772. The van der Waals surface area contributed by atoms with Gasteiger partial charge in [0.25, 0.3) is 0 Å². The molecule has 1 N–H and O–H groups in total. The fourth-order valence-corrected chi connectivity index (χ4v) is 2.69. The summed E-state index contributed by atoms with van der Waals surface area (Å²) in [4.78, 5) is 0. The fourth-order valence-electron chi connectivity index (χ4n) is 1.61. The highest BCUT2D eigenvalue weighted by atomic mass is 32.2. The van der Waals surface area contributed by atoms with Crippen molar-refractivity contribution in [2.45, 2.75) is 57.3 Å². The molecule has 15 heavy (non-hydrogen) atoms. The molecular weight excluding hydrogens is 212 g/mol. The van der Waals surface area contributed by atoms with Crippen molar-refractivity contribution in [3.8, 4) is 0 Å². The van der Waals surface area contributed by atoms with Crippen LogP contribution in [0.2, 0.25) is 0 Å². The van der Waals surface area contributed by atoms with Gasteiger partial charge in [0.05, 0.1) is 17.1 Å². The van der Waals surface area contributed by atoms with Gasteiger partial charge in [-0.3, -0.25) is 0 Å². The number of hydrogen-bond donors (Lipinski definition) is 1. The molecule has 0 heterocycles. The second-order valence-corrected chi connectivity index (χ2v) is 7.49. The molecule has 1 aliphatic carbocycles. The molecular formula is C11H22O3S. The zero-order chi connectivity index (χ0) is 11.5. The van der Waals surface area contributed by atoms with Gasteiger partial charge in [-0.2, -0.15) is 0 Å². The molecule has 1 fully saturated rings. The third kappa shape index (κ3) is 4.51. The van der Waals surface area contributed by atoms with E-state index < -0.39 is 9.84 Å². The van der Waals surface area contributed by atoms with Gasteiger partial charge in [-0.15, -0.1) is 0 Å². The zero-order valence-corrected chi connectivity index (χ0v) is 10.5. The maximum absolute atomic E-state index is 11.5. The van der Waals surface area contributed by atoms with E-state index in [4.69, 9.17) is 0 Å². The summed E-state index contributed by atoms with van der Waals surface area (Å²) in [5.41, 5.74) is 0. The topological polar surface area (TPSA) is 54.4 Å². The van der Waals surface area contributed by atoms with E-state index in [0.717, 1.165) is 25.7 Å². The minimum atomic E-state index is -2.88. The molecule has 0 aromatic carbocycles. The van der Waals surface area contributed by atoms with Crippen LogP contribution in [0.3, 0.4) is 0 Å². The molecule has 0 bridgehead atoms. The van der Waals surface area contributed by atoms with Crippen LogP contribution in [-0.2, 0) is 9.84 Å². The lowest BCUT2D eigenvalue weighted by Gasteiger charge is -2.10. The van der Waals surface area contributed by atoms with Gasteiger partial charge in [0.2, 0.25) is 0 Å². The average Bonchev–Trinajstić information content (AvgIpc) is 2.94. The highest BCUT2D eigenvalue weighted by Crippen LogP contribution is 2.34. The van der Waals surface area contributed by atoms with E-state index in [0.29, 0.717) is 12.3 Å². The molecule has 1 rings (SSSR count). The number of rotatable bonds is 7. The van der Waals surface area contributed by atoms with Gasteiger partial charge in [0, 0.05) is 0 Å². The molecule has 1 atom stereocenters. The Morgan fingerprint density at radius 3 is 2.33 bits per heavy atom. The van der Waals surface area contributed by atoms with E-state index in [1.165, 1.54) is 0 Å². The Morgan fingerprint density at radius 2 is 1.87 bits per heavy atom. The highest BCUT2D eigenvalue weighted by Gasteiger charge is 2.29. The summed E-state index contributed by atoms with van der Waals surface area (Å²) >= 11 is 0. The predicted molar refractivity (Wildman–Crippen MR) is 61.5 cm³/mol. The van der Waals surface area contributed by atoms with Crippen LogP contribution >= 0.6 is 0 Å². The number of hydrogen-bond acceptors (Lipinski definition) is 3. The van der Waals surface area contributed by atoms with Gasteiger partial charge >= 0.3 is 0 Å². The Hall–Kier alpha value is -0.0900. The molecule has 0 aliphatic heterocycles. The lowest BCUT2D eigenvalue weighted by Crippen LogP contribution is -2.18. The first kappa shape index (κ1) is 13.0. The van der Waals surface area contributed by atoms with E-state index in [1.807, 2.05) is 0 Å². The molecule has 1 saturated carbocycles. The summed E-state index contributed by atoms with van der Waals surface area (Å²) in [7, 11) is -2.88. The maximum Gasteiger partial charge on any atom is 0.152 e. The molecule has 0 amide bonds. The zero-order valence-electron chi connectivity index (χ0n) is 9.65. The van der Waals surface area contributed by atoms with Crippen molar-refractivity contribution in [2.75, 3.05) is 5.75 Å². The van der Waals surface area contributed by atoms with E-state index in [1.54, 1.807) is 13.8 Å². The van der Waals surface area contributed by atoms with Crippen molar-refractivity contribution in [3.05, 3.63) is 0 Å².